The van der Waals surface area contributed by atoms with Gasteiger partial charge in [-0.15, -0.1) is 0 Å². The van der Waals surface area contributed by atoms with Gasteiger partial charge in [0.25, 0.3) is 0 Å². The summed E-state index contributed by atoms with van der Waals surface area (Å²) in [6, 6.07) is 13.5. The highest BCUT2D eigenvalue weighted by Crippen LogP contribution is 2.34. The van der Waals surface area contributed by atoms with Gasteiger partial charge in [-0.05, 0) is 23.9 Å². The molecule has 0 N–H and O–H groups in total. The third-order valence-corrected chi connectivity index (χ3v) is 4.36. The number of pyridine rings is 1. The first-order valence-corrected chi connectivity index (χ1v) is 7.93. The van der Waals surface area contributed by atoms with E-state index in [1.807, 2.05) is 41.0 Å². The molecule has 2 heterocycles. The van der Waals surface area contributed by atoms with Crippen LogP contribution in [-0.2, 0) is 6.54 Å². The maximum atomic E-state index is 12.8. The number of benzene rings is 1. The van der Waals surface area contributed by atoms with Gasteiger partial charge >= 0.3 is 0 Å². The summed E-state index contributed by atoms with van der Waals surface area (Å²) in [6.45, 7) is -0.165. The summed E-state index contributed by atoms with van der Waals surface area (Å²) >= 11 is 7.32. The van der Waals surface area contributed by atoms with Crippen LogP contribution in [0.4, 0.5) is 4.39 Å². The lowest BCUT2D eigenvalue weighted by atomic mass is 10.2. The predicted molar refractivity (Wildman–Crippen MR) is 87.0 cm³/mol. The van der Waals surface area contributed by atoms with Gasteiger partial charge in [-0.1, -0.05) is 41.9 Å². The summed E-state index contributed by atoms with van der Waals surface area (Å²) in [7, 11) is 0. The Balaban J connectivity index is 1.99. The largest absolute Gasteiger partial charge is 0.322 e. The molecule has 0 amide bonds. The first-order chi connectivity index (χ1) is 10.8. The highest BCUT2D eigenvalue weighted by Gasteiger charge is 2.14. The van der Waals surface area contributed by atoms with Crippen LogP contribution in [0.2, 0.25) is 5.02 Å². The summed E-state index contributed by atoms with van der Waals surface area (Å²) in [6.07, 6.45) is 3.27. The van der Waals surface area contributed by atoms with Crippen LogP contribution in [0.15, 0.2) is 65.0 Å². The Kier molecular flexibility index (Phi) is 4.75. The number of aromatic nitrogens is 3. The second-order valence-electron chi connectivity index (χ2n) is 4.56. The third-order valence-electron chi connectivity index (χ3n) is 3.06. The number of hydrogen-bond acceptors (Lipinski definition) is 3. The summed E-state index contributed by atoms with van der Waals surface area (Å²) in [5, 5.41) is 2.26. The molecule has 6 heteroatoms. The predicted octanol–water partition coefficient (Wildman–Crippen LogP) is 4.72. The van der Waals surface area contributed by atoms with Gasteiger partial charge in [0.05, 0.1) is 17.9 Å². The highest BCUT2D eigenvalue weighted by molar-refractivity contribution is 7.99. The van der Waals surface area contributed by atoms with Crippen LogP contribution in [0.5, 0.6) is 0 Å². The van der Waals surface area contributed by atoms with E-state index in [1.165, 1.54) is 11.8 Å². The summed E-state index contributed by atoms with van der Waals surface area (Å²) < 4.78 is 14.6. The number of alkyl halides is 1. The van der Waals surface area contributed by atoms with Gasteiger partial charge in [0.15, 0.2) is 0 Å². The Morgan fingerprint density at radius 2 is 1.91 bits per heavy atom. The molecule has 3 rings (SSSR count). The minimum Gasteiger partial charge on any atom is -0.322 e. The molecule has 0 bridgehead atoms. The topological polar surface area (TPSA) is 30.7 Å². The summed E-state index contributed by atoms with van der Waals surface area (Å²) in [5.41, 5.74) is 1.83. The van der Waals surface area contributed by atoms with Crippen molar-refractivity contribution in [2.24, 2.45) is 0 Å². The van der Waals surface area contributed by atoms with Crippen LogP contribution in [-0.4, -0.2) is 21.2 Å². The van der Waals surface area contributed by atoms with Gasteiger partial charge in [-0.2, -0.15) is 0 Å². The number of aryl methyl sites for hydroxylation is 1. The van der Waals surface area contributed by atoms with Crippen molar-refractivity contribution >= 4 is 23.4 Å². The summed E-state index contributed by atoms with van der Waals surface area (Å²) in [4.78, 5) is 8.73. The van der Waals surface area contributed by atoms with E-state index in [1.54, 1.807) is 18.6 Å². The third kappa shape index (κ3) is 3.31. The smallest absolute Gasteiger partial charge is 0.109 e. The molecule has 0 unspecified atom stereocenters. The first-order valence-electron chi connectivity index (χ1n) is 6.74. The maximum Gasteiger partial charge on any atom is 0.109 e. The van der Waals surface area contributed by atoms with Gasteiger partial charge in [0.2, 0.25) is 0 Å². The van der Waals surface area contributed by atoms with Gasteiger partial charge < -0.3 is 4.57 Å². The van der Waals surface area contributed by atoms with Crippen LogP contribution >= 0.6 is 23.4 Å². The molecule has 0 fully saturated rings. The van der Waals surface area contributed by atoms with Crippen molar-refractivity contribution in [2.45, 2.75) is 16.6 Å². The van der Waals surface area contributed by atoms with E-state index in [0.717, 1.165) is 21.3 Å². The molecule has 0 spiro atoms. The van der Waals surface area contributed by atoms with Crippen LogP contribution in [0.1, 0.15) is 0 Å². The van der Waals surface area contributed by atoms with Crippen molar-refractivity contribution in [3.05, 3.63) is 60.0 Å². The lowest BCUT2D eigenvalue weighted by Gasteiger charge is -2.08. The van der Waals surface area contributed by atoms with Crippen LogP contribution in [0.25, 0.3) is 11.3 Å². The van der Waals surface area contributed by atoms with Gasteiger partial charge in [0.1, 0.15) is 22.4 Å². The number of halogens is 2. The molecule has 0 saturated heterocycles. The Bertz CT molecular complexity index is 744. The first kappa shape index (κ1) is 15.1. The Labute approximate surface area is 137 Å². The quantitative estimate of drug-likeness (QED) is 0.677. The van der Waals surface area contributed by atoms with Gasteiger partial charge in [0, 0.05) is 11.8 Å². The van der Waals surface area contributed by atoms with Crippen molar-refractivity contribution in [3.63, 3.8) is 0 Å². The van der Waals surface area contributed by atoms with Crippen LogP contribution in [0, 0.1) is 0 Å². The van der Waals surface area contributed by atoms with Gasteiger partial charge in [-0.3, -0.25) is 0 Å². The van der Waals surface area contributed by atoms with Crippen LogP contribution in [0.3, 0.4) is 0 Å². The van der Waals surface area contributed by atoms with Crippen molar-refractivity contribution in [2.75, 3.05) is 6.67 Å². The normalized spacial score (nSPS) is 10.8. The van der Waals surface area contributed by atoms with E-state index in [2.05, 4.69) is 9.97 Å². The van der Waals surface area contributed by atoms with Crippen molar-refractivity contribution < 1.29 is 4.39 Å². The number of rotatable bonds is 5. The van der Waals surface area contributed by atoms with E-state index < -0.39 is 6.67 Å². The molecule has 0 aliphatic rings. The maximum absolute atomic E-state index is 12.8. The van der Waals surface area contributed by atoms with E-state index in [0.29, 0.717) is 5.02 Å². The minimum atomic E-state index is -0.438. The van der Waals surface area contributed by atoms with Crippen molar-refractivity contribution in [1.29, 1.82) is 0 Å². The Hall–Kier alpha value is -1.85. The van der Waals surface area contributed by atoms with Crippen molar-refractivity contribution in [1.82, 2.24) is 14.5 Å². The molecular formula is C16H13ClFN3S. The SMILES string of the molecule is FCCn1cnc(-c2ccccc2)c1Sc1ccc(Cl)cn1. The highest BCUT2D eigenvalue weighted by atomic mass is 35.5. The number of nitrogens with zero attached hydrogens (tertiary/aromatic N) is 3. The Morgan fingerprint density at radius 1 is 1.09 bits per heavy atom. The standard InChI is InChI=1S/C16H13ClFN3S/c17-13-6-7-14(19-10-13)22-16-15(12-4-2-1-3-5-12)20-11-21(16)9-8-18/h1-7,10-11H,8-9H2. The average molecular weight is 334 g/mol. The second-order valence-corrected chi connectivity index (χ2v) is 6.01. The minimum absolute atomic E-state index is 0.274. The van der Waals surface area contributed by atoms with Gasteiger partial charge in [-0.25, -0.2) is 14.4 Å². The molecule has 1 aromatic carbocycles. The molecule has 2 aromatic heterocycles. The zero-order chi connectivity index (χ0) is 15.4. The van der Waals surface area contributed by atoms with E-state index in [-0.39, 0.29) is 6.54 Å². The fourth-order valence-corrected chi connectivity index (χ4v) is 3.12. The molecule has 0 saturated carbocycles. The molecule has 0 aliphatic carbocycles. The van der Waals surface area contributed by atoms with E-state index >= 15 is 0 Å². The zero-order valence-electron chi connectivity index (χ0n) is 11.6. The molecule has 22 heavy (non-hydrogen) atoms. The Morgan fingerprint density at radius 3 is 2.59 bits per heavy atom. The van der Waals surface area contributed by atoms with Crippen LogP contribution < -0.4 is 0 Å². The monoisotopic (exact) mass is 333 g/mol. The molecule has 112 valence electrons. The lowest BCUT2D eigenvalue weighted by molar-refractivity contribution is 0.435. The number of hydrogen-bond donors (Lipinski definition) is 0. The zero-order valence-corrected chi connectivity index (χ0v) is 13.2. The molecule has 3 nitrogen and oxygen atoms in total. The molecule has 0 radical (unpaired) electrons. The summed E-state index contributed by atoms with van der Waals surface area (Å²) in [5.74, 6) is 0. The molecular weight excluding hydrogens is 321 g/mol. The second kappa shape index (κ2) is 6.94. The lowest BCUT2D eigenvalue weighted by Crippen LogP contribution is -2.00. The van der Waals surface area contributed by atoms with E-state index in [9.17, 15) is 4.39 Å². The number of imidazole rings is 1. The average Bonchev–Trinajstić information content (AvgIpc) is 2.94. The fraction of sp³-hybridized carbons (Fsp3) is 0.125. The molecule has 0 atom stereocenters. The fourth-order valence-electron chi connectivity index (χ4n) is 2.04. The molecule has 3 aromatic rings. The van der Waals surface area contributed by atoms with E-state index in [4.69, 9.17) is 11.6 Å². The van der Waals surface area contributed by atoms with Crippen molar-refractivity contribution in [3.8, 4) is 11.3 Å². The molecule has 0 aliphatic heterocycles.